The number of carboxylic acid groups (broad SMARTS) is 1. The summed E-state index contributed by atoms with van der Waals surface area (Å²) in [4.78, 5) is 85.0. The van der Waals surface area contributed by atoms with Crippen LogP contribution in [0.2, 0.25) is 0 Å². The molecule has 4 aliphatic rings. The molecule has 0 spiro atoms. The number of carbonyl (C=O) groups excluding carboxylic acids is 3. The van der Waals surface area contributed by atoms with E-state index >= 15 is 0 Å². The summed E-state index contributed by atoms with van der Waals surface area (Å²) in [7, 11) is 0. The maximum Gasteiger partial charge on any atom is 0.421 e. The third kappa shape index (κ3) is 21.5. The van der Waals surface area contributed by atoms with Gasteiger partial charge in [0.1, 0.15) is 5.78 Å². The van der Waals surface area contributed by atoms with Crippen LogP contribution in [0.3, 0.4) is 0 Å². The summed E-state index contributed by atoms with van der Waals surface area (Å²) in [6.45, 7) is 9.85. The first-order valence-electron chi connectivity index (χ1n) is 37.1. The van der Waals surface area contributed by atoms with Gasteiger partial charge in [-0.15, -0.1) is 0 Å². The Labute approximate surface area is 644 Å². The van der Waals surface area contributed by atoms with Crippen LogP contribution in [-0.4, -0.2) is 197 Å². The molecule has 0 bridgehead atoms. The van der Waals surface area contributed by atoms with E-state index in [0.717, 1.165) is 104 Å². The Kier molecular flexibility index (Phi) is 31.3. The molecule has 4 saturated carbocycles. The van der Waals surface area contributed by atoms with Crippen LogP contribution in [0.1, 0.15) is 215 Å². The van der Waals surface area contributed by atoms with Gasteiger partial charge in [-0.25, -0.2) is 4.79 Å². The van der Waals surface area contributed by atoms with Crippen LogP contribution in [0.15, 0.2) is 147 Å². The van der Waals surface area contributed by atoms with E-state index in [-0.39, 0.29) is 94.8 Å². The van der Waals surface area contributed by atoms with Crippen molar-refractivity contribution < 1.29 is 99.5 Å². The van der Waals surface area contributed by atoms with Crippen molar-refractivity contribution in [3.8, 4) is 0 Å². The van der Waals surface area contributed by atoms with Crippen LogP contribution in [0.25, 0.3) is 0 Å². The Morgan fingerprint density at radius 1 is 0.420 bits per heavy atom. The van der Waals surface area contributed by atoms with Crippen LogP contribution in [0.5, 0.6) is 0 Å². The number of benzene rings is 3. The molecule has 3 atom stereocenters. The fourth-order valence-electron chi connectivity index (χ4n) is 14.6. The second kappa shape index (κ2) is 38.8. The largest absolute Gasteiger partial charge is 0.478 e. The molecule has 0 unspecified atom stereocenters. The number of Topliss-reactive ketones (excluding diaryl/α,β-unsaturated/α-hetero) is 1. The molecule has 4 aromatic heterocycles. The SMILES string of the molecule is CCN(C(=O)c1ccc([C@](C)(O)C(F)(F)F)cc1)C1CCC(CO)(c2cnccn2)CC1.CCN(C(=O)c1ccc([C@](C)(O)C(F)(F)F)cc1)C1CCC(CO)(c2cnccn2)CC1.CCNC1CCC(CO)(c2cnccn2)CC1.C[C@](O)(c1ccc(C(=O)O)cc1)C(F)(F)F.O=C1CCC(CO)(c2cnccn2)CC1. The molecule has 0 radical (unpaired) electrons. The number of aromatic nitrogens is 8. The number of aliphatic hydroxyl groups excluding tert-OH is 4. The molecule has 4 aliphatic carbocycles. The molecule has 3 aromatic carbocycles. The van der Waals surface area contributed by atoms with Gasteiger partial charge in [0, 0.05) is 151 Å². The second-order valence-corrected chi connectivity index (χ2v) is 29.4. The Balaban J connectivity index is 0.000000202. The molecule has 0 saturated heterocycles. The van der Waals surface area contributed by atoms with Crippen molar-refractivity contribution in [3.05, 3.63) is 203 Å². The predicted octanol–water partition coefficient (Wildman–Crippen LogP) is 11.4. The molecule has 2 amide bonds. The Bertz CT molecular complexity index is 3910. The molecule has 4 heterocycles. The van der Waals surface area contributed by atoms with Crippen LogP contribution in [0.4, 0.5) is 39.5 Å². The summed E-state index contributed by atoms with van der Waals surface area (Å²) in [5.41, 5.74) is -7.87. The normalized spacial score (nSPS) is 22.7. The molecular formula is C80H100F9N11O12. The lowest BCUT2D eigenvalue weighted by Crippen LogP contribution is -2.46. The first-order chi connectivity index (χ1) is 52.8. The van der Waals surface area contributed by atoms with Crippen molar-refractivity contribution >= 4 is 23.6 Å². The van der Waals surface area contributed by atoms with Crippen molar-refractivity contribution in [3.63, 3.8) is 0 Å². The smallest absolute Gasteiger partial charge is 0.421 e. The standard InChI is InChI=1S/2C23H28F3N3O3.C13H21N3O.C11H14N2O2.C10H9F3O3/c2*1-3-29(18-8-10-22(15-30,11-9-18)19-14-27-12-13-28-19)20(31)16-4-6-17(7-5-16)21(2,32)23(24,25)26;1-2-15-11-3-5-13(10-17,6-4-11)12-9-14-7-8-16-12;14-8-11(3-1-9(15)2-4-11)10-7-12-5-6-13-10;1-9(16,10(11,12)13)7-4-2-6(3-5-7)8(14)15/h2*4-7,12-14,18,30,32H,3,8-11,15H2,1-2H3;7-9,11,15,17H,2-6,10H2,1H3;5-7,14H,1-4,8H2;2-5,16H,1H3,(H,14,15)/t2*18?,21-,22?;;;9-/m00..0/s1. The molecule has 7 aromatic rings. The van der Waals surface area contributed by atoms with E-state index in [1.54, 1.807) is 84.2 Å². The number of amides is 2. The first-order valence-corrected chi connectivity index (χ1v) is 37.1. The van der Waals surface area contributed by atoms with E-state index in [9.17, 15) is 94.4 Å². The highest BCUT2D eigenvalue weighted by Gasteiger charge is 2.54. The van der Waals surface area contributed by atoms with E-state index in [4.69, 9.17) is 5.11 Å². The summed E-state index contributed by atoms with van der Waals surface area (Å²) in [6.07, 6.45) is 17.2. The van der Waals surface area contributed by atoms with Gasteiger partial charge in [0.15, 0.2) is 16.8 Å². The minimum atomic E-state index is -4.82. The lowest BCUT2D eigenvalue weighted by atomic mass is 9.70. The highest BCUT2D eigenvalue weighted by atomic mass is 19.4. The minimum Gasteiger partial charge on any atom is -0.478 e. The summed E-state index contributed by atoms with van der Waals surface area (Å²) in [5, 5.41) is 80.3. The van der Waals surface area contributed by atoms with E-state index in [1.807, 2.05) is 13.8 Å². The van der Waals surface area contributed by atoms with Gasteiger partial charge in [-0.3, -0.25) is 54.3 Å². The lowest BCUT2D eigenvalue weighted by Gasteiger charge is -2.42. The molecule has 0 aliphatic heterocycles. The van der Waals surface area contributed by atoms with Crippen molar-refractivity contribution in [2.75, 3.05) is 46.1 Å². The molecule has 9 N–H and O–H groups in total. The summed E-state index contributed by atoms with van der Waals surface area (Å²) in [6, 6.07) is 14.2. The quantitative estimate of drug-likeness (QED) is 0.0320. The summed E-state index contributed by atoms with van der Waals surface area (Å²) >= 11 is 0. The zero-order chi connectivity index (χ0) is 82.6. The Morgan fingerprint density at radius 2 is 0.679 bits per heavy atom. The van der Waals surface area contributed by atoms with Crippen LogP contribution in [0, 0.1) is 0 Å². The molecule has 32 heteroatoms. The fourth-order valence-corrected chi connectivity index (χ4v) is 14.6. The van der Waals surface area contributed by atoms with E-state index < -0.39 is 57.7 Å². The monoisotopic (exact) mass is 1580 g/mol. The van der Waals surface area contributed by atoms with Crippen molar-refractivity contribution in [1.29, 1.82) is 0 Å². The number of carboxylic acids is 1. The number of aliphatic hydroxyl groups is 7. The van der Waals surface area contributed by atoms with Crippen LogP contribution in [-0.2, 0) is 43.3 Å². The fraction of sp³-hybridized carbons (Fsp3) is 0.525. The summed E-state index contributed by atoms with van der Waals surface area (Å²) < 4.78 is 116. The number of hydrogen-bond acceptors (Lipinski definition) is 20. The van der Waals surface area contributed by atoms with E-state index in [1.165, 1.54) is 24.3 Å². The summed E-state index contributed by atoms with van der Waals surface area (Å²) in [5.74, 6) is -1.50. The molecule has 11 rings (SSSR count). The van der Waals surface area contributed by atoms with Crippen LogP contribution < -0.4 is 5.32 Å². The zero-order valence-electron chi connectivity index (χ0n) is 63.4. The first kappa shape index (κ1) is 90.3. The molecule has 610 valence electrons. The van der Waals surface area contributed by atoms with Crippen molar-refractivity contribution in [1.82, 2.24) is 55.0 Å². The predicted molar refractivity (Wildman–Crippen MR) is 394 cm³/mol. The lowest BCUT2D eigenvalue weighted by molar-refractivity contribution is -0.259. The average Bonchev–Trinajstić information content (AvgIpc) is 0.723. The molecule has 4 fully saturated rings. The van der Waals surface area contributed by atoms with Gasteiger partial charge in [-0.1, -0.05) is 43.3 Å². The van der Waals surface area contributed by atoms with Gasteiger partial charge in [0.05, 0.1) is 54.8 Å². The second-order valence-electron chi connectivity index (χ2n) is 29.4. The number of ketones is 1. The van der Waals surface area contributed by atoms with Crippen molar-refractivity contribution in [2.24, 2.45) is 0 Å². The third-order valence-electron chi connectivity index (χ3n) is 22.5. The van der Waals surface area contributed by atoms with Gasteiger partial charge in [0.25, 0.3) is 11.8 Å². The molecule has 23 nitrogen and oxygen atoms in total. The number of hydrogen-bond donors (Lipinski definition) is 9. The third-order valence-corrected chi connectivity index (χ3v) is 22.5. The van der Waals surface area contributed by atoms with Gasteiger partial charge < -0.3 is 56.0 Å². The average molecular weight is 1580 g/mol. The van der Waals surface area contributed by atoms with Gasteiger partial charge in [-0.05, 0) is 184 Å². The maximum atomic E-state index is 13.1. The number of aromatic carboxylic acids is 1. The van der Waals surface area contributed by atoms with Crippen LogP contribution >= 0.6 is 0 Å². The van der Waals surface area contributed by atoms with Gasteiger partial charge in [-0.2, -0.15) is 39.5 Å². The van der Waals surface area contributed by atoms with Gasteiger partial charge in [0.2, 0.25) is 0 Å². The maximum absolute atomic E-state index is 13.1. The zero-order valence-corrected chi connectivity index (χ0v) is 63.4. The van der Waals surface area contributed by atoms with Crippen molar-refractivity contribution in [2.45, 2.75) is 219 Å². The van der Waals surface area contributed by atoms with E-state index in [2.05, 4.69) is 52.1 Å². The number of alkyl halides is 9. The topological polar surface area (TPSA) is 352 Å². The number of carbonyl (C=O) groups is 4. The molecule has 112 heavy (non-hydrogen) atoms. The minimum absolute atomic E-state index is 0.0406. The Hall–Kier alpha value is -8.89. The van der Waals surface area contributed by atoms with Gasteiger partial charge >= 0.3 is 24.5 Å². The number of nitrogens with zero attached hydrogens (tertiary/aromatic N) is 10. The van der Waals surface area contributed by atoms with E-state index in [0.29, 0.717) is 117 Å². The highest BCUT2D eigenvalue weighted by molar-refractivity contribution is 5.95. The highest BCUT2D eigenvalue weighted by Crippen LogP contribution is 2.45. The number of halogens is 9. The molecular weight excluding hydrogens is 1480 g/mol. The Morgan fingerprint density at radius 3 is 0.902 bits per heavy atom. The number of rotatable bonds is 20. The number of nitrogens with one attached hydrogen (secondary N) is 1.